The Morgan fingerprint density at radius 1 is 1.05 bits per heavy atom. The lowest BCUT2D eigenvalue weighted by Crippen LogP contribution is -2.60. The fraction of sp³-hybridized carbons (Fsp3) is 0.683. The van der Waals surface area contributed by atoms with Crippen LogP contribution in [0.4, 0.5) is 17.6 Å². The Kier molecular flexibility index (Phi) is 17.4. The third kappa shape index (κ3) is 12.3. The molecule has 0 unspecified atom stereocenters. The number of rotatable bonds is 12. The highest BCUT2D eigenvalue weighted by Gasteiger charge is 2.70. The fourth-order valence-corrected chi connectivity index (χ4v) is 8.20. The molecule has 7 amide bonds. The lowest BCUT2D eigenvalue weighted by atomic mass is 9.98. The lowest BCUT2D eigenvalue weighted by Gasteiger charge is -2.35. The molecule has 346 valence electrons. The molecule has 21 heteroatoms. The van der Waals surface area contributed by atoms with Gasteiger partial charge in [-0.25, -0.2) is 4.39 Å². The van der Waals surface area contributed by atoms with Crippen LogP contribution >= 0.6 is 23.2 Å². The zero-order valence-corrected chi connectivity index (χ0v) is 37.2. The number of amides is 7. The predicted octanol–water partition coefficient (Wildman–Crippen LogP) is 3.33. The van der Waals surface area contributed by atoms with Crippen molar-refractivity contribution in [2.75, 3.05) is 40.9 Å². The zero-order valence-electron chi connectivity index (χ0n) is 35.7. The molecule has 0 aromatic heterocycles. The smallest absolute Gasteiger partial charge is 0.385 e. The monoisotopic (exact) mass is 921 g/mol. The van der Waals surface area contributed by atoms with Gasteiger partial charge in [0.05, 0.1) is 6.54 Å². The van der Waals surface area contributed by atoms with E-state index >= 15 is 0 Å². The van der Waals surface area contributed by atoms with Gasteiger partial charge in [0.25, 0.3) is 0 Å². The summed E-state index contributed by atoms with van der Waals surface area (Å²) in [6.45, 7) is 4.45. The molecule has 7 atom stereocenters. The fourth-order valence-electron chi connectivity index (χ4n) is 7.81. The van der Waals surface area contributed by atoms with Crippen molar-refractivity contribution in [3.63, 3.8) is 0 Å². The molecule has 2 aliphatic heterocycles. The van der Waals surface area contributed by atoms with Crippen molar-refractivity contribution in [3.05, 3.63) is 33.8 Å². The van der Waals surface area contributed by atoms with E-state index in [1.54, 1.807) is 18.2 Å². The molecule has 2 saturated heterocycles. The number of hydrogen-bond acceptors (Lipinski definition) is 8. The highest BCUT2D eigenvalue weighted by atomic mass is 35.5. The van der Waals surface area contributed by atoms with E-state index < -0.39 is 121 Å². The first-order chi connectivity index (χ1) is 29.0. The van der Waals surface area contributed by atoms with E-state index in [1.807, 2.05) is 13.8 Å². The van der Waals surface area contributed by atoms with Gasteiger partial charge in [-0.1, -0.05) is 37.0 Å². The van der Waals surface area contributed by atoms with Crippen molar-refractivity contribution in [2.24, 2.45) is 11.3 Å². The molecule has 1 saturated carbocycles. The Labute approximate surface area is 368 Å². The molecule has 3 fully saturated rings. The van der Waals surface area contributed by atoms with E-state index in [-0.39, 0.29) is 56.2 Å². The maximum absolute atomic E-state index is 14.7. The molecule has 15 nitrogen and oxygen atoms in total. The van der Waals surface area contributed by atoms with Crippen LogP contribution in [0, 0.1) is 11.3 Å². The molecular weight excluding hydrogens is 865 g/mol. The second-order valence-electron chi connectivity index (χ2n) is 16.8. The summed E-state index contributed by atoms with van der Waals surface area (Å²) in [5, 5.41) is 11.3. The highest BCUT2D eigenvalue weighted by Crippen LogP contribution is 2.59. The molecule has 62 heavy (non-hydrogen) atoms. The van der Waals surface area contributed by atoms with Crippen LogP contribution in [0.2, 0.25) is 10.0 Å². The molecule has 0 radical (unpaired) electrons. The van der Waals surface area contributed by atoms with Crippen LogP contribution in [0.15, 0.2) is 18.2 Å². The summed E-state index contributed by atoms with van der Waals surface area (Å²) in [6, 6.07) is -3.15. The summed E-state index contributed by atoms with van der Waals surface area (Å²) in [4.78, 5) is 99.7. The van der Waals surface area contributed by atoms with Crippen LogP contribution in [0.25, 0.3) is 0 Å². The van der Waals surface area contributed by atoms with E-state index in [2.05, 4.69) is 21.3 Å². The number of carbonyl (C=O) groups is 7. The van der Waals surface area contributed by atoms with Crippen LogP contribution < -0.4 is 21.3 Å². The number of likely N-dealkylation sites (tertiary alicyclic amines) is 1. The Morgan fingerprint density at radius 2 is 1.73 bits per heavy atom. The maximum Gasteiger partial charge on any atom is 0.403 e. The molecule has 4 N–H and O–H groups in total. The molecule has 1 aliphatic carbocycles. The first-order valence-corrected chi connectivity index (χ1v) is 21.4. The minimum absolute atomic E-state index is 0.0173. The molecule has 4 rings (SSSR count). The van der Waals surface area contributed by atoms with E-state index in [1.165, 1.54) is 28.1 Å². The minimum Gasteiger partial charge on any atom is -0.385 e. The molecular formula is C41H57Cl2F4N7O8. The molecule has 0 bridgehead atoms. The van der Waals surface area contributed by atoms with Crippen molar-refractivity contribution in [1.82, 2.24) is 36.0 Å². The maximum atomic E-state index is 14.7. The number of alkyl halides is 4. The highest BCUT2D eigenvalue weighted by molar-refractivity contribution is 6.33. The van der Waals surface area contributed by atoms with Gasteiger partial charge in [0.2, 0.25) is 41.4 Å². The summed E-state index contributed by atoms with van der Waals surface area (Å²) in [5.41, 5.74) is -2.25. The summed E-state index contributed by atoms with van der Waals surface area (Å²) < 4.78 is 61.6. The van der Waals surface area contributed by atoms with Gasteiger partial charge in [0, 0.05) is 57.2 Å². The number of ether oxygens (including phenoxy) is 1. The number of likely N-dealkylation sites (N-methyl/N-ethyl adjacent to an activating group) is 2. The van der Waals surface area contributed by atoms with Gasteiger partial charge in [-0.2, -0.15) is 13.2 Å². The average Bonchev–Trinajstić information content (AvgIpc) is 3.94. The summed E-state index contributed by atoms with van der Waals surface area (Å²) in [6.07, 6.45) is -7.80. The minimum atomic E-state index is -4.90. The van der Waals surface area contributed by atoms with Crippen LogP contribution in [0.5, 0.6) is 0 Å². The number of nitrogens with zero attached hydrogens (tertiary/aromatic N) is 3. The molecule has 1 aromatic carbocycles. The van der Waals surface area contributed by atoms with Gasteiger partial charge in [-0.3, -0.25) is 33.6 Å². The first-order valence-electron chi connectivity index (χ1n) is 20.7. The van der Waals surface area contributed by atoms with Gasteiger partial charge in [-0.05, 0) is 81.5 Å². The van der Waals surface area contributed by atoms with E-state index in [0.717, 1.165) is 9.80 Å². The van der Waals surface area contributed by atoms with Gasteiger partial charge in [-0.15, -0.1) is 0 Å². The number of methoxy groups -OCH3 is 1. The number of nitrogens with one attached hydrogen (secondary N) is 4. The third-order valence-electron chi connectivity index (χ3n) is 11.7. The zero-order chi connectivity index (χ0) is 46.3. The predicted molar refractivity (Wildman–Crippen MR) is 220 cm³/mol. The topological polar surface area (TPSA) is 187 Å². The van der Waals surface area contributed by atoms with E-state index in [4.69, 9.17) is 27.9 Å². The Hall–Kier alpha value is -4.23. The Morgan fingerprint density at radius 3 is 2.34 bits per heavy atom. The molecule has 1 aromatic rings. The normalized spacial score (nSPS) is 25.8. The van der Waals surface area contributed by atoms with Crippen LogP contribution in [-0.4, -0.2) is 146 Å². The molecule has 0 spiro atoms. The largest absolute Gasteiger partial charge is 0.403 e. The first kappa shape index (κ1) is 50.4. The van der Waals surface area contributed by atoms with Gasteiger partial charge in [0.1, 0.15) is 47.8 Å². The SMILES string of the molecule is COCC[C@H](NC(=O)[C@@H]1C[C@@H](F)CN1C(=O)C1(C(F)(F)F)CC1)C(=O)N(C)[C@H]1CCCCNC(=O)[C@@H](C)NC(=O)[C@H](Cc2cc(Cl)ccc2Cl)N(C)C(=O)[C@H](CC(C)C)NC1=O. The van der Waals surface area contributed by atoms with Crippen molar-refractivity contribution in [3.8, 4) is 0 Å². The quantitative estimate of drug-likeness (QED) is 0.230. The summed E-state index contributed by atoms with van der Waals surface area (Å²) in [5.74, 6) is -6.01. The molecule has 2 heterocycles. The van der Waals surface area contributed by atoms with Gasteiger partial charge >= 0.3 is 6.18 Å². The third-order valence-corrected chi connectivity index (χ3v) is 12.3. The standard InChI is InChI=1S/C41H57Cl2F4N7O8/c1-22(2)17-29-38(60)53(5)31(19-24-18-25(42)10-11-27(24)43)35(57)49-23(3)33(55)48-15-8-7-9-30(34(56)51-29)52(4)37(59)28(12-16-62-6)50-36(58)32-20-26(44)21-54(32)39(61)40(13-14-40)41(45,46)47/h10-11,18,22-23,26,28-32H,7-9,12-17,19-21H2,1-6H3,(H,48,55)(H,49,57)(H,50,58)(H,51,56)/t23-,26-,28+,29+,30+,31+,32+/m1/s1. The summed E-state index contributed by atoms with van der Waals surface area (Å²) in [7, 11) is 4.02. The second kappa shape index (κ2) is 21.4. The van der Waals surface area contributed by atoms with Crippen LogP contribution in [0.3, 0.4) is 0 Å². The van der Waals surface area contributed by atoms with Crippen LogP contribution in [-0.2, 0) is 44.7 Å². The summed E-state index contributed by atoms with van der Waals surface area (Å²) >= 11 is 12.7. The Balaban J connectivity index is 1.64. The number of halogens is 6. The lowest BCUT2D eigenvalue weighted by molar-refractivity contribution is -0.199. The van der Waals surface area contributed by atoms with Crippen molar-refractivity contribution in [1.29, 1.82) is 0 Å². The number of carbonyl (C=O) groups excluding carboxylic acids is 7. The Bertz CT molecular complexity index is 1840. The molecule has 3 aliphatic rings. The van der Waals surface area contributed by atoms with Crippen molar-refractivity contribution >= 4 is 64.6 Å². The average molecular weight is 923 g/mol. The van der Waals surface area contributed by atoms with Gasteiger partial charge in [0.15, 0.2) is 0 Å². The second-order valence-corrected chi connectivity index (χ2v) is 17.6. The number of hydrogen-bond donors (Lipinski definition) is 4. The van der Waals surface area contributed by atoms with Crippen molar-refractivity contribution in [2.45, 2.75) is 127 Å². The number of benzene rings is 1. The van der Waals surface area contributed by atoms with E-state index in [9.17, 15) is 51.1 Å². The van der Waals surface area contributed by atoms with E-state index in [0.29, 0.717) is 21.9 Å². The van der Waals surface area contributed by atoms with Gasteiger partial charge < -0.3 is 40.7 Å². The van der Waals surface area contributed by atoms with Crippen LogP contribution in [0.1, 0.15) is 77.7 Å². The van der Waals surface area contributed by atoms with Crippen molar-refractivity contribution < 1.29 is 55.9 Å².